The third-order valence-electron chi connectivity index (χ3n) is 2.94. The van der Waals surface area contributed by atoms with Gasteiger partial charge in [-0.15, -0.1) is 0 Å². The summed E-state index contributed by atoms with van der Waals surface area (Å²) in [5.41, 5.74) is 2.17. The van der Waals surface area contributed by atoms with Crippen molar-refractivity contribution < 1.29 is 19.1 Å². The average molecular weight is 231 g/mol. The molecule has 0 spiro atoms. The first-order valence-electron chi connectivity index (χ1n) is 5.18. The molecule has 0 fully saturated rings. The molecule has 0 saturated heterocycles. The fourth-order valence-electron chi connectivity index (χ4n) is 2.12. The molecule has 0 aliphatic carbocycles. The van der Waals surface area contributed by atoms with Gasteiger partial charge in [0.1, 0.15) is 5.58 Å². The van der Waals surface area contributed by atoms with Crippen LogP contribution in [0.1, 0.15) is 5.56 Å². The van der Waals surface area contributed by atoms with Crippen molar-refractivity contribution in [1.29, 1.82) is 0 Å². The van der Waals surface area contributed by atoms with Crippen LogP contribution >= 0.6 is 0 Å². The molecule has 1 aromatic heterocycles. The predicted molar refractivity (Wildman–Crippen MR) is 60.0 cm³/mol. The lowest BCUT2D eigenvalue weighted by Gasteiger charge is -2.23. The summed E-state index contributed by atoms with van der Waals surface area (Å²) in [5.74, 6) is -1.48. The molecule has 1 aromatic carbocycles. The van der Waals surface area contributed by atoms with Crippen LogP contribution < -0.4 is 5.32 Å². The van der Waals surface area contributed by atoms with E-state index in [-0.39, 0.29) is 12.2 Å². The van der Waals surface area contributed by atoms with Crippen LogP contribution in [0.2, 0.25) is 0 Å². The van der Waals surface area contributed by atoms with E-state index in [4.69, 9.17) is 9.52 Å². The van der Waals surface area contributed by atoms with E-state index >= 15 is 0 Å². The van der Waals surface area contributed by atoms with Crippen LogP contribution in [0.4, 0.5) is 5.69 Å². The molecule has 2 N–H and O–H groups in total. The van der Waals surface area contributed by atoms with E-state index in [0.717, 1.165) is 10.9 Å². The summed E-state index contributed by atoms with van der Waals surface area (Å²) in [5, 5.41) is 12.5. The first-order chi connectivity index (χ1) is 8.16. The summed E-state index contributed by atoms with van der Waals surface area (Å²) in [6, 6.07) is 4.16. The van der Waals surface area contributed by atoms with Crippen molar-refractivity contribution in [3.05, 3.63) is 30.0 Å². The Hall–Kier alpha value is -2.30. The van der Waals surface area contributed by atoms with Crippen molar-refractivity contribution in [1.82, 2.24) is 0 Å². The number of carboxylic acids is 1. The maximum absolute atomic E-state index is 11.6. The number of hydrogen-bond acceptors (Lipinski definition) is 4. The molecule has 1 aliphatic heterocycles. The number of carbonyl (C=O) groups is 2. The van der Waals surface area contributed by atoms with Gasteiger partial charge in [-0.25, -0.2) is 4.79 Å². The Bertz CT molecular complexity index is 628. The number of carboxylic acid groups (broad SMARTS) is 1. The highest BCUT2D eigenvalue weighted by Crippen LogP contribution is 2.32. The van der Waals surface area contributed by atoms with Gasteiger partial charge in [-0.1, -0.05) is 6.07 Å². The number of hydrogen-bond donors (Lipinski definition) is 2. The Kier molecular flexibility index (Phi) is 1.95. The summed E-state index contributed by atoms with van der Waals surface area (Å²) < 4.78 is 5.23. The second-order valence-corrected chi connectivity index (χ2v) is 3.99. The third kappa shape index (κ3) is 1.39. The molecule has 3 rings (SSSR count). The van der Waals surface area contributed by atoms with Gasteiger partial charge in [0.05, 0.1) is 6.26 Å². The van der Waals surface area contributed by atoms with Gasteiger partial charge in [0.25, 0.3) is 0 Å². The molecule has 86 valence electrons. The Labute approximate surface area is 96.0 Å². The molecule has 0 radical (unpaired) electrons. The number of carbonyl (C=O) groups excluding carboxylic acids is 1. The van der Waals surface area contributed by atoms with Gasteiger partial charge in [-0.3, -0.25) is 4.79 Å². The number of nitrogens with one attached hydrogen (secondary N) is 1. The zero-order valence-corrected chi connectivity index (χ0v) is 8.77. The van der Waals surface area contributed by atoms with E-state index in [1.165, 1.54) is 0 Å². The zero-order chi connectivity index (χ0) is 12.0. The largest absolute Gasteiger partial charge is 0.479 e. The molecule has 17 heavy (non-hydrogen) atoms. The van der Waals surface area contributed by atoms with E-state index in [9.17, 15) is 9.59 Å². The number of ketones is 1. The van der Waals surface area contributed by atoms with Crippen LogP contribution in [0.3, 0.4) is 0 Å². The lowest BCUT2D eigenvalue weighted by Crippen LogP contribution is -2.41. The van der Waals surface area contributed by atoms with Gasteiger partial charge < -0.3 is 14.8 Å². The van der Waals surface area contributed by atoms with Crippen molar-refractivity contribution >= 4 is 28.4 Å². The van der Waals surface area contributed by atoms with E-state index in [1.807, 2.05) is 0 Å². The van der Waals surface area contributed by atoms with Crippen molar-refractivity contribution in [3.8, 4) is 0 Å². The minimum atomic E-state index is -1.16. The molecule has 1 atom stereocenters. The molecule has 1 unspecified atom stereocenters. The monoisotopic (exact) mass is 231 g/mol. The highest BCUT2D eigenvalue weighted by atomic mass is 16.4. The Morgan fingerprint density at radius 2 is 2.24 bits per heavy atom. The second kappa shape index (κ2) is 3.35. The summed E-state index contributed by atoms with van der Waals surface area (Å²) in [6.07, 6.45) is 1.68. The van der Waals surface area contributed by atoms with Crippen LogP contribution in [0, 0.1) is 0 Å². The van der Waals surface area contributed by atoms with Gasteiger partial charge in [0.2, 0.25) is 0 Å². The Balaban J connectivity index is 2.17. The van der Waals surface area contributed by atoms with Crippen LogP contribution in [-0.2, 0) is 16.0 Å². The van der Waals surface area contributed by atoms with Gasteiger partial charge in [0, 0.05) is 17.5 Å². The number of furan rings is 1. The number of rotatable bonds is 1. The highest BCUT2D eigenvalue weighted by molar-refractivity contribution is 6.10. The van der Waals surface area contributed by atoms with Gasteiger partial charge >= 0.3 is 5.97 Å². The fourth-order valence-corrected chi connectivity index (χ4v) is 2.12. The smallest absolute Gasteiger partial charge is 0.333 e. The number of anilines is 1. The van der Waals surface area contributed by atoms with Crippen molar-refractivity contribution in [3.63, 3.8) is 0 Å². The molecule has 1 aliphatic rings. The SMILES string of the molecule is O=C(O)C1Nc2c(ccc3occc23)CC1=O. The summed E-state index contributed by atoms with van der Waals surface area (Å²) >= 11 is 0. The Morgan fingerprint density at radius 1 is 1.41 bits per heavy atom. The van der Waals surface area contributed by atoms with Crippen molar-refractivity contribution in [2.75, 3.05) is 5.32 Å². The number of Topliss-reactive ketones (excluding diaryl/α,β-unsaturated/α-hetero) is 1. The van der Waals surface area contributed by atoms with Crippen molar-refractivity contribution in [2.45, 2.75) is 12.5 Å². The van der Waals surface area contributed by atoms with Gasteiger partial charge in [0.15, 0.2) is 11.8 Å². The standard InChI is InChI=1S/C12H9NO4/c14-8-5-6-1-2-9-7(3-4-17-9)10(6)13-11(8)12(15)16/h1-4,11,13H,5H2,(H,15,16). The van der Waals surface area contributed by atoms with Crippen LogP contribution in [-0.4, -0.2) is 22.9 Å². The zero-order valence-electron chi connectivity index (χ0n) is 8.77. The lowest BCUT2D eigenvalue weighted by atomic mass is 9.95. The van der Waals surface area contributed by atoms with E-state index < -0.39 is 12.0 Å². The molecule has 2 heterocycles. The average Bonchev–Trinajstić information content (AvgIpc) is 2.75. The topological polar surface area (TPSA) is 79.5 Å². The molecule has 0 bridgehead atoms. The van der Waals surface area contributed by atoms with E-state index in [2.05, 4.69) is 5.32 Å². The molecule has 0 saturated carbocycles. The van der Waals surface area contributed by atoms with E-state index in [1.54, 1.807) is 24.5 Å². The molecule has 5 nitrogen and oxygen atoms in total. The summed E-state index contributed by atoms with van der Waals surface area (Å²) in [6.45, 7) is 0. The number of fused-ring (bicyclic) bond motifs is 3. The van der Waals surface area contributed by atoms with Crippen LogP contribution in [0.25, 0.3) is 11.0 Å². The maximum atomic E-state index is 11.6. The summed E-state index contributed by atoms with van der Waals surface area (Å²) in [4.78, 5) is 22.5. The van der Waals surface area contributed by atoms with Crippen molar-refractivity contribution in [2.24, 2.45) is 0 Å². The summed E-state index contributed by atoms with van der Waals surface area (Å²) in [7, 11) is 0. The molecular formula is C12H9NO4. The second-order valence-electron chi connectivity index (χ2n) is 3.99. The molecular weight excluding hydrogens is 222 g/mol. The first kappa shape index (κ1) is 9.89. The Morgan fingerprint density at radius 3 is 3.00 bits per heavy atom. The molecule has 5 heteroatoms. The maximum Gasteiger partial charge on any atom is 0.333 e. The number of aliphatic carboxylic acids is 1. The van der Waals surface area contributed by atoms with Crippen LogP contribution in [0.5, 0.6) is 0 Å². The van der Waals surface area contributed by atoms with Crippen LogP contribution in [0.15, 0.2) is 28.9 Å². The highest BCUT2D eigenvalue weighted by Gasteiger charge is 2.32. The third-order valence-corrected chi connectivity index (χ3v) is 2.94. The fraction of sp³-hybridized carbons (Fsp3) is 0.167. The predicted octanol–water partition coefficient (Wildman–Crippen LogP) is 1.42. The minimum absolute atomic E-state index is 0.139. The van der Waals surface area contributed by atoms with Gasteiger partial charge in [-0.2, -0.15) is 0 Å². The van der Waals surface area contributed by atoms with E-state index in [0.29, 0.717) is 11.3 Å². The minimum Gasteiger partial charge on any atom is -0.479 e. The molecule has 2 aromatic rings. The lowest BCUT2D eigenvalue weighted by molar-refractivity contribution is -0.141. The molecule has 0 amide bonds. The first-order valence-corrected chi connectivity index (χ1v) is 5.18. The quantitative estimate of drug-likeness (QED) is 0.725. The normalized spacial score (nSPS) is 18.8. The number of benzene rings is 1. The van der Waals surface area contributed by atoms with Gasteiger partial charge in [-0.05, 0) is 17.7 Å².